The summed E-state index contributed by atoms with van der Waals surface area (Å²) in [4.78, 5) is 39.9. The van der Waals surface area contributed by atoms with E-state index in [1.807, 2.05) is 25.1 Å². The van der Waals surface area contributed by atoms with E-state index in [1.54, 1.807) is 0 Å². The summed E-state index contributed by atoms with van der Waals surface area (Å²) in [6.45, 7) is 7.45. The van der Waals surface area contributed by atoms with Gasteiger partial charge in [0.25, 0.3) is 5.91 Å². The number of Topliss-reactive ketones (excluding diaryl/α,β-unsaturated/α-hetero) is 2. The average Bonchev–Trinajstić information content (AvgIpc) is 2.79. The maximum Gasteiger partial charge on any atom is 0.255 e. The number of aliphatic hydroxyl groups is 3. The molecule has 1 aromatic carbocycles. The van der Waals surface area contributed by atoms with Gasteiger partial charge in [-0.05, 0) is 48.8 Å². The van der Waals surface area contributed by atoms with Crippen LogP contribution in [-0.2, 0) is 27.3 Å². The fourth-order valence-electron chi connectivity index (χ4n) is 5.94. The second-order valence-corrected chi connectivity index (χ2v) is 12.0. The molecule has 1 fully saturated rings. The van der Waals surface area contributed by atoms with Gasteiger partial charge in [0, 0.05) is 49.8 Å². The van der Waals surface area contributed by atoms with E-state index >= 15 is 0 Å². The van der Waals surface area contributed by atoms with E-state index in [2.05, 4.69) is 26.1 Å². The highest BCUT2D eigenvalue weighted by Gasteiger charge is 2.60. The van der Waals surface area contributed by atoms with Gasteiger partial charge in [-0.2, -0.15) is 0 Å². The number of anilines is 1. The molecular weight excluding hydrogens is 490 g/mol. The van der Waals surface area contributed by atoms with Crippen molar-refractivity contribution in [3.63, 3.8) is 0 Å². The Labute approximate surface area is 221 Å². The number of primary amides is 1. The first-order valence-corrected chi connectivity index (χ1v) is 12.8. The number of aliphatic hydroxyl groups excluding tert-OH is 2. The van der Waals surface area contributed by atoms with Crippen LogP contribution >= 0.6 is 0 Å². The minimum atomic E-state index is -2.57. The third-order valence-electron chi connectivity index (χ3n) is 7.97. The van der Waals surface area contributed by atoms with Crippen molar-refractivity contribution in [3.05, 3.63) is 39.7 Å². The highest BCUT2D eigenvalue weighted by atomic mass is 16.3. The number of benzene rings is 1. The quantitative estimate of drug-likeness (QED) is 0.239. The molecule has 38 heavy (non-hydrogen) atoms. The number of carbonyl (C=O) groups excluding carboxylic acids is 3. The molecule has 3 aliphatic carbocycles. The standard InChI is InChI=1S/C28H37N3O7/c1-27(2,3)6-7-30-12-14-10-17(31(4)5)16-9-13-8-15-11-18(32)21(26(29)37)25(36)28(15,38)24(35)19(13)23(34)20(16)22(14)33/h10,13,15,30,33-34,36,38H,6-9,11-12H2,1-5H3,(H2,29,37). The van der Waals surface area contributed by atoms with Crippen LogP contribution in [0.25, 0.3) is 5.76 Å². The van der Waals surface area contributed by atoms with Crippen molar-refractivity contribution < 1.29 is 34.8 Å². The fourth-order valence-corrected chi connectivity index (χ4v) is 5.94. The number of hydrogen-bond donors (Lipinski definition) is 6. The van der Waals surface area contributed by atoms with Crippen molar-refractivity contribution >= 4 is 28.9 Å². The summed E-state index contributed by atoms with van der Waals surface area (Å²) >= 11 is 0. The number of carbonyl (C=O) groups is 3. The lowest BCUT2D eigenvalue weighted by molar-refractivity contribution is -0.147. The Morgan fingerprint density at radius 3 is 2.42 bits per heavy atom. The number of fused-ring (bicyclic) bond motifs is 3. The number of nitrogens with one attached hydrogen (secondary N) is 1. The molecule has 0 bridgehead atoms. The van der Waals surface area contributed by atoms with Gasteiger partial charge in [-0.25, -0.2) is 0 Å². The van der Waals surface area contributed by atoms with Crippen LogP contribution in [0.1, 0.15) is 56.7 Å². The van der Waals surface area contributed by atoms with Crippen LogP contribution in [-0.4, -0.2) is 64.1 Å². The normalized spacial score (nSPS) is 25.2. The first-order valence-electron chi connectivity index (χ1n) is 12.8. The summed E-state index contributed by atoms with van der Waals surface area (Å²) in [5.41, 5.74) is 3.93. The third kappa shape index (κ3) is 4.35. The predicted molar refractivity (Wildman–Crippen MR) is 141 cm³/mol. The smallest absolute Gasteiger partial charge is 0.255 e. The monoisotopic (exact) mass is 527 g/mol. The Morgan fingerprint density at radius 1 is 1.18 bits per heavy atom. The molecule has 0 spiro atoms. The zero-order valence-corrected chi connectivity index (χ0v) is 22.5. The molecule has 0 radical (unpaired) electrons. The number of amides is 1. The highest BCUT2D eigenvalue weighted by Crippen LogP contribution is 2.53. The van der Waals surface area contributed by atoms with Crippen molar-refractivity contribution in [1.29, 1.82) is 0 Å². The van der Waals surface area contributed by atoms with Crippen molar-refractivity contribution in [2.75, 3.05) is 25.5 Å². The summed E-state index contributed by atoms with van der Waals surface area (Å²) in [5.74, 6) is -6.24. The lowest BCUT2D eigenvalue weighted by Crippen LogP contribution is -2.58. The zero-order chi connectivity index (χ0) is 28.3. The third-order valence-corrected chi connectivity index (χ3v) is 7.97. The largest absolute Gasteiger partial charge is 0.508 e. The lowest BCUT2D eigenvalue weighted by atomic mass is 9.59. The minimum absolute atomic E-state index is 0.104. The zero-order valence-electron chi connectivity index (χ0n) is 22.5. The van der Waals surface area contributed by atoms with E-state index < -0.39 is 52.0 Å². The van der Waals surface area contributed by atoms with Gasteiger partial charge in [-0.1, -0.05) is 20.8 Å². The van der Waals surface area contributed by atoms with E-state index in [9.17, 15) is 34.8 Å². The number of nitrogens with two attached hydrogens (primary N) is 1. The maximum absolute atomic E-state index is 13.7. The van der Waals surface area contributed by atoms with Gasteiger partial charge in [0.05, 0.1) is 5.56 Å². The molecule has 4 rings (SSSR count). The summed E-state index contributed by atoms with van der Waals surface area (Å²) in [6.07, 6.45) is 0.948. The van der Waals surface area contributed by atoms with Crippen molar-refractivity contribution in [3.8, 4) is 5.75 Å². The molecule has 3 unspecified atom stereocenters. The number of aromatic hydroxyl groups is 1. The topological polar surface area (TPSA) is 173 Å². The van der Waals surface area contributed by atoms with Crippen LogP contribution in [0.15, 0.2) is 23.0 Å². The average molecular weight is 528 g/mol. The minimum Gasteiger partial charge on any atom is -0.508 e. The van der Waals surface area contributed by atoms with Gasteiger partial charge in [0.2, 0.25) is 5.78 Å². The fraction of sp³-hybridized carbons (Fsp3) is 0.536. The van der Waals surface area contributed by atoms with Crippen LogP contribution < -0.4 is 16.0 Å². The first-order chi connectivity index (χ1) is 17.6. The summed E-state index contributed by atoms with van der Waals surface area (Å²) in [6, 6.07) is 1.86. The predicted octanol–water partition coefficient (Wildman–Crippen LogP) is 2.02. The van der Waals surface area contributed by atoms with E-state index in [4.69, 9.17) is 5.73 Å². The van der Waals surface area contributed by atoms with Gasteiger partial charge in [0.15, 0.2) is 11.4 Å². The molecule has 0 aliphatic heterocycles. The molecule has 0 aromatic heterocycles. The SMILES string of the molecule is CN(C)c1cc(CNCCC(C)(C)C)c(O)c2c1CC1CC3CC(=O)C(C(N)=O)=C(O)C3(O)C(=O)C1=C2O. The van der Waals surface area contributed by atoms with Gasteiger partial charge in [-0.15, -0.1) is 0 Å². The van der Waals surface area contributed by atoms with Gasteiger partial charge in [0.1, 0.15) is 22.8 Å². The number of rotatable bonds is 6. The van der Waals surface area contributed by atoms with Crippen LogP contribution in [0.2, 0.25) is 0 Å². The second-order valence-electron chi connectivity index (χ2n) is 12.0. The Hall–Kier alpha value is -3.37. The van der Waals surface area contributed by atoms with E-state index in [1.165, 1.54) is 0 Å². The summed E-state index contributed by atoms with van der Waals surface area (Å²) in [7, 11) is 3.69. The van der Waals surface area contributed by atoms with Gasteiger partial charge < -0.3 is 36.4 Å². The molecule has 0 heterocycles. The number of phenols is 1. The molecule has 1 amide bonds. The maximum atomic E-state index is 13.7. The van der Waals surface area contributed by atoms with Crippen molar-refractivity contribution in [1.82, 2.24) is 5.32 Å². The Morgan fingerprint density at radius 2 is 1.84 bits per heavy atom. The van der Waals surface area contributed by atoms with Crippen LogP contribution in [0.3, 0.4) is 0 Å². The van der Waals surface area contributed by atoms with Gasteiger partial charge >= 0.3 is 0 Å². The summed E-state index contributed by atoms with van der Waals surface area (Å²) < 4.78 is 0. The van der Waals surface area contributed by atoms with Crippen molar-refractivity contribution in [2.24, 2.45) is 23.0 Å². The highest BCUT2D eigenvalue weighted by molar-refractivity contribution is 6.22. The molecule has 0 saturated heterocycles. The molecular formula is C28H37N3O7. The second kappa shape index (κ2) is 9.43. The molecule has 1 saturated carbocycles. The lowest BCUT2D eigenvalue weighted by Gasteiger charge is -2.46. The number of nitrogens with zero attached hydrogens (tertiary/aromatic N) is 1. The number of hydrogen-bond acceptors (Lipinski definition) is 9. The Balaban J connectivity index is 1.82. The Bertz CT molecular complexity index is 1290. The molecule has 10 nitrogen and oxygen atoms in total. The molecule has 206 valence electrons. The first kappa shape index (κ1) is 27.7. The van der Waals surface area contributed by atoms with E-state index in [-0.39, 0.29) is 41.6 Å². The van der Waals surface area contributed by atoms with Gasteiger partial charge in [-0.3, -0.25) is 14.4 Å². The van der Waals surface area contributed by atoms with Crippen LogP contribution in [0.5, 0.6) is 5.75 Å². The molecule has 3 atom stereocenters. The molecule has 1 aromatic rings. The van der Waals surface area contributed by atoms with E-state index in [0.717, 1.165) is 12.1 Å². The molecule has 3 aliphatic rings. The molecule has 7 N–H and O–H groups in total. The van der Waals surface area contributed by atoms with E-state index in [0.29, 0.717) is 24.2 Å². The summed E-state index contributed by atoms with van der Waals surface area (Å²) in [5, 5.41) is 48.1. The Kier molecular flexibility index (Phi) is 6.86. The number of ketones is 2. The van der Waals surface area contributed by atoms with Crippen LogP contribution in [0.4, 0.5) is 5.69 Å². The van der Waals surface area contributed by atoms with Crippen molar-refractivity contribution in [2.45, 2.75) is 58.6 Å². The van der Waals surface area contributed by atoms with Crippen LogP contribution in [0, 0.1) is 17.3 Å². The molecule has 10 heteroatoms. The number of phenolic OH excluding ortho intramolecular Hbond substituents is 1.